The average molecular weight is 203 g/mol. The van der Waals surface area contributed by atoms with Crippen LogP contribution in [0.1, 0.15) is 36.0 Å². The summed E-state index contributed by atoms with van der Waals surface area (Å²) < 4.78 is 0. The third-order valence-corrected chi connectivity index (χ3v) is 4.04. The van der Waals surface area contributed by atoms with Gasteiger partial charge in [-0.3, -0.25) is 0 Å². The van der Waals surface area contributed by atoms with Gasteiger partial charge in [0.15, 0.2) is 0 Å². The maximum Gasteiger partial charge on any atom is -0.00173 e. The lowest BCUT2D eigenvalue weighted by Crippen LogP contribution is -2.39. The van der Waals surface area contributed by atoms with Crippen LogP contribution < -0.4 is 5.73 Å². The van der Waals surface area contributed by atoms with E-state index in [4.69, 9.17) is 5.73 Å². The van der Waals surface area contributed by atoms with Crippen LogP contribution in [-0.4, -0.2) is 6.54 Å². The first-order chi connectivity index (χ1) is 7.17. The molecule has 1 aliphatic carbocycles. The van der Waals surface area contributed by atoms with Gasteiger partial charge < -0.3 is 5.73 Å². The Balaban J connectivity index is 2.23. The van der Waals surface area contributed by atoms with Crippen molar-refractivity contribution in [3.05, 3.63) is 34.9 Å². The van der Waals surface area contributed by atoms with Crippen molar-refractivity contribution >= 4 is 0 Å². The van der Waals surface area contributed by atoms with Gasteiger partial charge >= 0.3 is 0 Å². The Bertz CT molecular complexity index is 325. The lowest BCUT2D eigenvalue weighted by molar-refractivity contribution is 0.144. The number of benzene rings is 1. The van der Waals surface area contributed by atoms with E-state index in [1.165, 1.54) is 42.4 Å². The van der Waals surface area contributed by atoms with Crippen molar-refractivity contribution in [3.8, 4) is 0 Å². The van der Waals surface area contributed by atoms with Crippen LogP contribution in [0, 0.1) is 19.3 Å². The molecule has 1 nitrogen and oxygen atoms in total. The molecule has 0 radical (unpaired) electrons. The second-order valence-electron chi connectivity index (χ2n) is 5.10. The Kier molecular flexibility index (Phi) is 2.83. The van der Waals surface area contributed by atoms with Crippen molar-refractivity contribution in [2.24, 2.45) is 11.1 Å². The zero-order valence-corrected chi connectivity index (χ0v) is 9.84. The third kappa shape index (κ3) is 1.93. The summed E-state index contributed by atoms with van der Waals surface area (Å²) in [5, 5.41) is 0. The molecule has 2 N–H and O–H groups in total. The van der Waals surface area contributed by atoms with Gasteiger partial charge in [0.2, 0.25) is 0 Å². The van der Waals surface area contributed by atoms with Gasteiger partial charge in [0.1, 0.15) is 0 Å². The van der Waals surface area contributed by atoms with Crippen LogP contribution in [0.4, 0.5) is 0 Å². The topological polar surface area (TPSA) is 26.0 Å². The van der Waals surface area contributed by atoms with Crippen molar-refractivity contribution in [3.63, 3.8) is 0 Å². The van der Waals surface area contributed by atoms with Crippen LogP contribution in [0.15, 0.2) is 18.2 Å². The summed E-state index contributed by atoms with van der Waals surface area (Å²) in [5.41, 5.74) is 10.7. The van der Waals surface area contributed by atoms with Crippen LogP contribution in [0.25, 0.3) is 0 Å². The highest BCUT2D eigenvalue weighted by Gasteiger charge is 2.36. The highest BCUT2D eigenvalue weighted by atomic mass is 14.6. The molecule has 2 rings (SSSR count). The van der Waals surface area contributed by atoms with Gasteiger partial charge in [0.25, 0.3) is 0 Å². The van der Waals surface area contributed by atoms with E-state index < -0.39 is 0 Å². The summed E-state index contributed by atoms with van der Waals surface area (Å²) in [4.78, 5) is 0. The smallest absolute Gasteiger partial charge is 0.00173 e. The maximum absolute atomic E-state index is 5.92. The predicted octanol–water partition coefficient (Wildman–Crippen LogP) is 2.97. The van der Waals surface area contributed by atoms with E-state index in [1.54, 1.807) is 0 Å². The van der Waals surface area contributed by atoms with Gasteiger partial charge in [-0.1, -0.05) is 24.6 Å². The Labute approximate surface area is 92.7 Å². The summed E-state index contributed by atoms with van der Waals surface area (Å²) in [6.07, 6.45) is 5.18. The highest BCUT2D eigenvalue weighted by molar-refractivity contribution is 5.34. The van der Waals surface area contributed by atoms with Gasteiger partial charge in [-0.25, -0.2) is 0 Å². The lowest BCUT2D eigenvalue weighted by Gasteiger charge is -2.41. The van der Waals surface area contributed by atoms with E-state index in [1.807, 2.05) is 0 Å². The molecule has 0 bridgehead atoms. The molecule has 0 unspecified atom stereocenters. The van der Waals surface area contributed by atoms with Gasteiger partial charge in [-0.15, -0.1) is 0 Å². The quantitative estimate of drug-likeness (QED) is 0.803. The second-order valence-corrected chi connectivity index (χ2v) is 5.10. The first kappa shape index (κ1) is 10.7. The van der Waals surface area contributed by atoms with E-state index in [0.29, 0.717) is 5.41 Å². The Morgan fingerprint density at radius 3 is 2.20 bits per heavy atom. The maximum atomic E-state index is 5.92. The molecular weight excluding hydrogens is 182 g/mol. The number of hydrogen-bond acceptors (Lipinski definition) is 1. The molecule has 82 valence electrons. The minimum Gasteiger partial charge on any atom is -0.330 e. The zero-order chi connectivity index (χ0) is 10.9. The number of nitrogens with two attached hydrogens (primary N) is 1. The molecule has 1 heteroatoms. The molecule has 1 aliphatic rings. The lowest BCUT2D eigenvalue weighted by atomic mass is 9.65. The van der Waals surface area contributed by atoms with Crippen LogP contribution >= 0.6 is 0 Å². The van der Waals surface area contributed by atoms with Gasteiger partial charge in [-0.05, 0) is 61.8 Å². The minimum absolute atomic E-state index is 0.427. The van der Waals surface area contributed by atoms with E-state index in [2.05, 4.69) is 32.0 Å². The Morgan fingerprint density at radius 1 is 1.20 bits per heavy atom. The van der Waals surface area contributed by atoms with E-state index >= 15 is 0 Å². The van der Waals surface area contributed by atoms with Crippen molar-refractivity contribution in [2.75, 3.05) is 6.54 Å². The van der Waals surface area contributed by atoms with Gasteiger partial charge in [0.05, 0.1) is 0 Å². The fourth-order valence-electron chi connectivity index (χ4n) is 2.63. The van der Waals surface area contributed by atoms with E-state index in [9.17, 15) is 0 Å². The normalized spacial score (nSPS) is 18.6. The molecule has 0 aliphatic heterocycles. The molecule has 1 aromatic rings. The molecule has 15 heavy (non-hydrogen) atoms. The summed E-state index contributed by atoms with van der Waals surface area (Å²) in [6, 6.07) is 6.57. The molecule has 1 fully saturated rings. The second kappa shape index (κ2) is 3.97. The molecular formula is C14H21N. The SMILES string of the molecule is Cc1cccc(C)c1CC1(CN)CCC1. The van der Waals surface area contributed by atoms with Crippen molar-refractivity contribution < 1.29 is 0 Å². The molecule has 0 saturated heterocycles. The summed E-state index contributed by atoms with van der Waals surface area (Å²) in [5.74, 6) is 0. The molecule has 0 spiro atoms. The van der Waals surface area contributed by atoms with Gasteiger partial charge in [0, 0.05) is 0 Å². The zero-order valence-electron chi connectivity index (χ0n) is 9.84. The molecule has 1 aromatic carbocycles. The largest absolute Gasteiger partial charge is 0.330 e. The Morgan fingerprint density at radius 2 is 1.80 bits per heavy atom. The molecule has 1 saturated carbocycles. The molecule has 0 atom stereocenters. The summed E-state index contributed by atoms with van der Waals surface area (Å²) in [6.45, 7) is 5.28. The van der Waals surface area contributed by atoms with Crippen molar-refractivity contribution in [1.29, 1.82) is 0 Å². The summed E-state index contributed by atoms with van der Waals surface area (Å²) >= 11 is 0. The number of rotatable bonds is 3. The fraction of sp³-hybridized carbons (Fsp3) is 0.571. The van der Waals surface area contributed by atoms with Crippen LogP contribution in [0.2, 0.25) is 0 Å². The van der Waals surface area contributed by atoms with Crippen molar-refractivity contribution in [2.45, 2.75) is 39.5 Å². The first-order valence-electron chi connectivity index (χ1n) is 5.92. The van der Waals surface area contributed by atoms with Crippen LogP contribution in [0.3, 0.4) is 0 Å². The minimum atomic E-state index is 0.427. The van der Waals surface area contributed by atoms with Crippen LogP contribution in [0.5, 0.6) is 0 Å². The molecule has 0 aromatic heterocycles. The van der Waals surface area contributed by atoms with E-state index in [0.717, 1.165) is 6.54 Å². The first-order valence-corrected chi connectivity index (χ1v) is 5.92. The number of aryl methyl sites for hydroxylation is 2. The van der Waals surface area contributed by atoms with Gasteiger partial charge in [-0.2, -0.15) is 0 Å². The van der Waals surface area contributed by atoms with E-state index in [-0.39, 0.29) is 0 Å². The highest BCUT2D eigenvalue weighted by Crippen LogP contribution is 2.43. The van der Waals surface area contributed by atoms with Crippen LogP contribution in [-0.2, 0) is 6.42 Å². The molecule has 0 heterocycles. The Hall–Kier alpha value is -0.820. The molecule has 0 amide bonds. The third-order valence-electron chi connectivity index (χ3n) is 4.04. The monoisotopic (exact) mass is 203 g/mol. The standard InChI is InChI=1S/C14H21N/c1-11-5-3-6-12(2)13(11)9-14(10-15)7-4-8-14/h3,5-6H,4,7-10,15H2,1-2H3. The fourth-order valence-corrected chi connectivity index (χ4v) is 2.63. The summed E-state index contributed by atoms with van der Waals surface area (Å²) in [7, 11) is 0. The van der Waals surface area contributed by atoms with Crippen molar-refractivity contribution in [1.82, 2.24) is 0 Å². The average Bonchev–Trinajstić information content (AvgIpc) is 2.15. The number of hydrogen-bond donors (Lipinski definition) is 1. The predicted molar refractivity (Wildman–Crippen MR) is 65.0 cm³/mol.